The van der Waals surface area contributed by atoms with Crippen LogP contribution in [0.1, 0.15) is 36.2 Å². The Kier molecular flexibility index (Phi) is 5.36. The van der Waals surface area contributed by atoms with Crippen molar-refractivity contribution in [1.82, 2.24) is 4.90 Å². The summed E-state index contributed by atoms with van der Waals surface area (Å²) in [6.45, 7) is 7.00. The number of hydrogen-bond donors (Lipinski definition) is 2. The van der Waals surface area contributed by atoms with E-state index in [2.05, 4.69) is 5.32 Å². The summed E-state index contributed by atoms with van der Waals surface area (Å²) < 4.78 is 0. The van der Waals surface area contributed by atoms with Crippen LogP contribution in [0.5, 0.6) is 0 Å². The molecule has 1 aromatic rings. The predicted molar refractivity (Wildman–Crippen MR) is 74.7 cm³/mol. The van der Waals surface area contributed by atoms with Gasteiger partial charge in [0.2, 0.25) is 0 Å². The number of rotatable bonds is 5. The number of urea groups is 1. The van der Waals surface area contributed by atoms with Gasteiger partial charge in [0.05, 0.1) is 5.56 Å². The molecule has 0 aliphatic carbocycles. The van der Waals surface area contributed by atoms with E-state index in [4.69, 9.17) is 5.11 Å². The molecule has 0 unspecified atom stereocenters. The molecule has 2 N–H and O–H groups in total. The van der Waals surface area contributed by atoms with Crippen LogP contribution in [0.3, 0.4) is 0 Å². The number of carboxylic acids is 1. The van der Waals surface area contributed by atoms with Gasteiger partial charge in [-0.15, -0.1) is 0 Å². The molecule has 19 heavy (non-hydrogen) atoms. The Labute approximate surface area is 113 Å². The zero-order valence-corrected chi connectivity index (χ0v) is 11.6. The van der Waals surface area contributed by atoms with Crippen molar-refractivity contribution in [1.29, 1.82) is 0 Å². The van der Waals surface area contributed by atoms with Gasteiger partial charge < -0.3 is 15.3 Å². The number of anilines is 1. The van der Waals surface area contributed by atoms with E-state index in [1.54, 1.807) is 24.0 Å². The first-order valence-corrected chi connectivity index (χ1v) is 6.39. The third kappa shape index (κ3) is 3.98. The summed E-state index contributed by atoms with van der Waals surface area (Å²) in [4.78, 5) is 24.6. The van der Waals surface area contributed by atoms with Gasteiger partial charge >= 0.3 is 12.0 Å². The summed E-state index contributed by atoms with van der Waals surface area (Å²) in [6, 6.07) is 4.62. The zero-order valence-electron chi connectivity index (χ0n) is 11.6. The van der Waals surface area contributed by atoms with Crippen LogP contribution in [-0.2, 0) is 0 Å². The second-order valence-corrected chi connectivity index (χ2v) is 4.34. The SMILES string of the molecule is CCCN(CC)C(=O)Nc1ccc(C(=O)O)c(C)c1. The second-order valence-electron chi connectivity index (χ2n) is 4.34. The van der Waals surface area contributed by atoms with Crippen LogP contribution in [0.2, 0.25) is 0 Å². The fourth-order valence-corrected chi connectivity index (χ4v) is 1.86. The molecule has 2 amide bonds. The Bertz CT molecular complexity index is 472. The highest BCUT2D eigenvalue weighted by atomic mass is 16.4. The van der Waals surface area contributed by atoms with Gasteiger partial charge in [-0.2, -0.15) is 0 Å². The number of benzene rings is 1. The van der Waals surface area contributed by atoms with Crippen molar-refractivity contribution in [2.75, 3.05) is 18.4 Å². The Morgan fingerprint density at radius 1 is 1.32 bits per heavy atom. The van der Waals surface area contributed by atoms with Crippen molar-refractivity contribution in [3.8, 4) is 0 Å². The van der Waals surface area contributed by atoms with Gasteiger partial charge in [0.25, 0.3) is 0 Å². The normalized spacial score (nSPS) is 10.1. The van der Waals surface area contributed by atoms with E-state index in [0.29, 0.717) is 24.3 Å². The third-order valence-electron chi connectivity index (χ3n) is 2.87. The molecule has 1 aromatic carbocycles. The maximum Gasteiger partial charge on any atom is 0.335 e. The molecular formula is C14H20N2O3. The Morgan fingerprint density at radius 2 is 2.00 bits per heavy atom. The lowest BCUT2D eigenvalue weighted by Crippen LogP contribution is -2.35. The highest BCUT2D eigenvalue weighted by molar-refractivity contribution is 5.92. The molecule has 0 fully saturated rings. The van der Waals surface area contributed by atoms with Crippen molar-refractivity contribution in [3.05, 3.63) is 29.3 Å². The third-order valence-corrected chi connectivity index (χ3v) is 2.87. The molecule has 0 bridgehead atoms. The maximum absolute atomic E-state index is 12.0. The minimum absolute atomic E-state index is 0.160. The quantitative estimate of drug-likeness (QED) is 0.859. The number of aryl methyl sites for hydroxylation is 1. The summed E-state index contributed by atoms with van der Waals surface area (Å²) in [6.07, 6.45) is 0.901. The average Bonchev–Trinajstić information content (AvgIpc) is 2.35. The van der Waals surface area contributed by atoms with E-state index in [9.17, 15) is 9.59 Å². The van der Waals surface area contributed by atoms with Gasteiger partial charge in [0, 0.05) is 18.8 Å². The first-order chi connectivity index (χ1) is 8.99. The Hall–Kier alpha value is -2.04. The van der Waals surface area contributed by atoms with Crippen molar-refractivity contribution in [3.63, 3.8) is 0 Å². The second kappa shape index (κ2) is 6.78. The van der Waals surface area contributed by atoms with Gasteiger partial charge in [-0.1, -0.05) is 6.92 Å². The molecule has 0 heterocycles. The van der Waals surface area contributed by atoms with Gasteiger partial charge in [0.1, 0.15) is 0 Å². The zero-order chi connectivity index (χ0) is 14.4. The van der Waals surface area contributed by atoms with Crippen LogP contribution in [-0.4, -0.2) is 35.1 Å². The van der Waals surface area contributed by atoms with E-state index in [1.807, 2.05) is 13.8 Å². The van der Waals surface area contributed by atoms with E-state index in [-0.39, 0.29) is 11.6 Å². The molecule has 0 aliphatic heterocycles. The Morgan fingerprint density at radius 3 is 2.47 bits per heavy atom. The fourth-order valence-electron chi connectivity index (χ4n) is 1.86. The minimum Gasteiger partial charge on any atom is -0.478 e. The van der Waals surface area contributed by atoms with Crippen LogP contribution in [0.15, 0.2) is 18.2 Å². The van der Waals surface area contributed by atoms with Crippen LogP contribution >= 0.6 is 0 Å². The number of nitrogens with zero attached hydrogens (tertiary/aromatic N) is 1. The van der Waals surface area contributed by atoms with Crippen molar-refractivity contribution in [2.24, 2.45) is 0 Å². The van der Waals surface area contributed by atoms with E-state index in [1.165, 1.54) is 6.07 Å². The van der Waals surface area contributed by atoms with E-state index >= 15 is 0 Å². The van der Waals surface area contributed by atoms with Gasteiger partial charge in [-0.3, -0.25) is 0 Å². The number of amides is 2. The summed E-state index contributed by atoms with van der Waals surface area (Å²) in [5, 5.41) is 11.7. The maximum atomic E-state index is 12.0. The molecule has 0 aromatic heterocycles. The van der Waals surface area contributed by atoms with Gasteiger partial charge in [-0.25, -0.2) is 9.59 Å². The monoisotopic (exact) mass is 264 g/mol. The Balaban J connectivity index is 2.80. The van der Waals surface area contributed by atoms with E-state index < -0.39 is 5.97 Å². The number of nitrogens with one attached hydrogen (secondary N) is 1. The van der Waals surface area contributed by atoms with Crippen molar-refractivity contribution >= 4 is 17.7 Å². The number of carbonyl (C=O) groups is 2. The summed E-state index contributed by atoms with van der Waals surface area (Å²) in [5.74, 6) is -0.962. The predicted octanol–water partition coefficient (Wildman–Crippen LogP) is 2.96. The van der Waals surface area contributed by atoms with Crippen LogP contribution in [0.25, 0.3) is 0 Å². The summed E-state index contributed by atoms with van der Waals surface area (Å²) in [5.41, 5.74) is 1.49. The van der Waals surface area contributed by atoms with Crippen molar-refractivity contribution in [2.45, 2.75) is 27.2 Å². The molecule has 0 saturated carbocycles. The first kappa shape index (κ1) is 15.0. The van der Waals surface area contributed by atoms with Gasteiger partial charge in [0.15, 0.2) is 0 Å². The van der Waals surface area contributed by atoms with Crippen LogP contribution in [0.4, 0.5) is 10.5 Å². The van der Waals surface area contributed by atoms with E-state index in [0.717, 1.165) is 6.42 Å². The van der Waals surface area contributed by atoms with Crippen LogP contribution in [0, 0.1) is 6.92 Å². The number of hydrogen-bond acceptors (Lipinski definition) is 2. The molecule has 5 nitrogen and oxygen atoms in total. The number of aromatic carboxylic acids is 1. The molecule has 1 rings (SSSR count). The lowest BCUT2D eigenvalue weighted by Gasteiger charge is -2.20. The topological polar surface area (TPSA) is 69.6 Å². The molecular weight excluding hydrogens is 244 g/mol. The van der Waals surface area contributed by atoms with Gasteiger partial charge in [-0.05, 0) is 44.0 Å². The highest BCUT2D eigenvalue weighted by Gasteiger charge is 2.12. The molecule has 0 saturated heterocycles. The smallest absolute Gasteiger partial charge is 0.335 e. The summed E-state index contributed by atoms with van der Waals surface area (Å²) >= 11 is 0. The highest BCUT2D eigenvalue weighted by Crippen LogP contribution is 2.15. The first-order valence-electron chi connectivity index (χ1n) is 6.39. The standard InChI is InChI=1S/C14H20N2O3/c1-4-8-16(5-2)14(19)15-11-6-7-12(13(17)18)10(3)9-11/h6-7,9H,4-5,8H2,1-3H3,(H,15,19)(H,17,18). The molecule has 5 heteroatoms. The minimum atomic E-state index is -0.962. The molecule has 0 radical (unpaired) electrons. The van der Waals surface area contributed by atoms with Crippen LogP contribution < -0.4 is 5.32 Å². The molecule has 104 valence electrons. The van der Waals surface area contributed by atoms with Crippen molar-refractivity contribution < 1.29 is 14.7 Å². The largest absolute Gasteiger partial charge is 0.478 e. The number of carboxylic acid groups (broad SMARTS) is 1. The molecule has 0 aliphatic rings. The lowest BCUT2D eigenvalue weighted by atomic mass is 10.1. The molecule has 0 spiro atoms. The number of carbonyl (C=O) groups excluding carboxylic acids is 1. The summed E-state index contributed by atoms with van der Waals surface area (Å²) in [7, 11) is 0. The molecule has 0 atom stereocenters. The fraction of sp³-hybridized carbons (Fsp3) is 0.429. The average molecular weight is 264 g/mol. The lowest BCUT2D eigenvalue weighted by molar-refractivity contribution is 0.0696.